The summed E-state index contributed by atoms with van der Waals surface area (Å²) in [7, 11) is 0. The minimum absolute atomic E-state index is 0.255. The van der Waals surface area contributed by atoms with E-state index in [2.05, 4.69) is 10.6 Å². The van der Waals surface area contributed by atoms with Gasteiger partial charge in [0.2, 0.25) is 0 Å². The Labute approximate surface area is 169 Å². The fraction of sp³-hybridized carbons (Fsp3) is 0.286. The van der Waals surface area contributed by atoms with Crippen molar-refractivity contribution in [3.8, 4) is 0 Å². The van der Waals surface area contributed by atoms with E-state index >= 15 is 0 Å². The van der Waals surface area contributed by atoms with Crippen LogP contribution in [0.3, 0.4) is 0 Å². The third-order valence-electron chi connectivity index (χ3n) is 4.11. The van der Waals surface area contributed by atoms with Crippen LogP contribution in [0.5, 0.6) is 0 Å². The Kier molecular flexibility index (Phi) is 7.58. The normalized spacial score (nSPS) is 12.6. The number of amides is 2. The average Bonchev–Trinajstić information content (AvgIpc) is 2.68. The third kappa shape index (κ3) is 5.82. The first kappa shape index (κ1) is 21.4. The lowest BCUT2D eigenvalue weighted by Gasteiger charge is -2.18. The predicted octanol–water partition coefficient (Wildman–Crippen LogP) is 3.59. The molecule has 0 spiro atoms. The Hall–Kier alpha value is -2.86. The topological polar surface area (TPSA) is 84.5 Å². The molecule has 28 heavy (non-hydrogen) atoms. The average molecular weight is 403 g/mol. The van der Waals surface area contributed by atoms with Gasteiger partial charge in [0.1, 0.15) is 6.04 Å². The van der Waals surface area contributed by atoms with Crippen molar-refractivity contribution in [2.75, 3.05) is 5.32 Å². The van der Waals surface area contributed by atoms with Gasteiger partial charge < -0.3 is 15.4 Å². The van der Waals surface area contributed by atoms with Crippen LogP contribution in [0.25, 0.3) is 0 Å². The molecule has 2 rings (SSSR count). The van der Waals surface area contributed by atoms with Crippen LogP contribution in [-0.4, -0.2) is 29.9 Å². The number of nitrogens with one attached hydrogen (secondary N) is 2. The van der Waals surface area contributed by atoms with Gasteiger partial charge in [0.05, 0.1) is 10.6 Å². The lowest BCUT2D eigenvalue weighted by molar-refractivity contribution is -0.154. The van der Waals surface area contributed by atoms with Gasteiger partial charge in [-0.1, -0.05) is 42.8 Å². The first-order valence-electron chi connectivity index (χ1n) is 8.97. The molecular formula is C21H23ClN2O4. The lowest BCUT2D eigenvalue weighted by Crippen LogP contribution is -2.42. The number of carbonyl (C=O) groups is 3. The second-order valence-electron chi connectivity index (χ2n) is 6.29. The number of aryl methyl sites for hydroxylation is 1. The standard InChI is InChI=1S/C21H23ClN2O4/c1-4-15-9-11-16(12-10-15)24-19(25)14(3)28-21(27)13(2)23-20(26)17-7-5-6-8-18(17)22/h5-14H,4H2,1-3H3,(H,23,26)(H,24,25)/t13-,14-/m0/s1. The molecule has 0 aliphatic heterocycles. The van der Waals surface area contributed by atoms with Crippen molar-refractivity contribution >= 4 is 35.1 Å². The second-order valence-corrected chi connectivity index (χ2v) is 6.70. The first-order valence-corrected chi connectivity index (χ1v) is 9.35. The highest BCUT2D eigenvalue weighted by Gasteiger charge is 2.24. The number of benzene rings is 2. The molecule has 0 fully saturated rings. The summed E-state index contributed by atoms with van der Waals surface area (Å²) < 4.78 is 5.16. The molecule has 0 bridgehead atoms. The maximum absolute atomic E-state index is 12.2. The maximum Gasteiger partial charge on any atom is 0.329 e. The van der Waals surface area contributed by atoms with E-state index in [9.17, 15) is 14.4 Å². The second kappa shape index (κ2) is 9.90. The molecule has 2 aromatic carbocycles. The number of anilines is 1. The highest BCUT2D eigenvalue weighted by atomic mass is 35.5. The number of ether oxygens (including phenoxy) is 1. The molecular weight excluding hydrogens is 380 g/mol. The molecule has 2 atom stereocenters. The van der Waals surface area contributed by atoms with Gasteiger partial charge in [0.25, 0.3) is 11.8 Å². The fourth-order valence-corrected chi connectivity index (χ4v) is 2.60. The smallest absolute Gasteiger partial charge is 0.329 e. The molecule has 148 valence electrons. The van der Waals surface area contributed by atoms with E-state index in [0.717, 1.165) is 12.0 Å². The molecule has 0 aliphatic rings. The Morgan fingerprint density at radius 3 is 2.29 bits per heavy atom. The summed E-state index contributed by atoms with van der Waals surface area (Å²) in [5.41, 5.74) is 2.02. The molecule has 0 unspecified atom stereocenters. The minimum atomic E-state index is -1.02. The van der Waals surface area contributed by atoms with Crippen molar-refractivity contribution in [2.24, 2.45) is 0 Å². The molecule has 7 heteroatoms. The van der Waals surface area contributed by atoms with Crippen LogP contribution in [-0.2, 0) is 20.7 Å². The van der Waals surface area contributed by atoms with E-state index in [1.807, 2.05) is 19.1 Å². The minimum Gasteiger partial charge on any atom is -0.451 e. The van der Waals surface area contributed by atoms with E-state index in [0.29, 0.717) is 5.69 Å². The quantitative estimate of drug-likeness (QED) is 0.693. The number of hydrogen-bond acceptors (Lipinski definition) is 4. The van der Waals surface area contributed by atoms with Crippen LogP contribution in [0, 0.1) is 0 Å². The van der Waals surface area contributed by atoms with Crippen LogP contribution in [0.15, 0.2) is 48.5 Å². The largest absolute Gasteiger partial charge is 0.451 e. The highest BCUT2D eigenvalue weighted by Crippen LogP contribution is 2.15. The summed E-state index contributed by atoms with van der Waals surface area (Å²) in [6.07, 6.45) is -0.113. The zero-order valence-electron chi connectivity index (χ0n) is 16.0. The van der Waals surface area contributed by atoms with E-state index < -0.39 is 29.9 Å². The maximum atomic E-state index is 12.2. The van der Waals surface area contributed by atoms with Gasteiger partial charge >= 0.3 is 5.97 Å². The van der Waals surface area contributed by atoms with Gasteiger partial charge in [-0.05, 0) is 50.1 Å². The molecule has 0 aliphatic carbocycles. The number of halogens is 1. The highest BCUT2D eigenvalue weighted by molar-refractivity contribution is 6.33. The van der Waals surface area contributed by atoms with Gasteiger partial charge in [-0.2, -0.15) is 0 Å². The van der Waals surface area contributed by atoms with Gasteiger partial charge in [0.15, 0.2) is 6.10 Å². The molecule has 0 saturated heterocycles. The molecule has 0 saturated carbocycles. The van der Waals surface area contributed by atoms with Crippen molar-refractivity contribution in [3.63, 3.8) is 0 Å². The molecule has 0 heterocycles. The summed E-state index contributed by atoms with van der Waals surface area (Å²) in [6.45, 7) is 4.99. The number of esters is 1. The fourth-order valence-electron chi connectivity index (χ4n) is 2.38. The van der Waals surface area contributed by atoms with Crippen molar-refractivity contribution in [2.45, 2.75) is 39.3 Å². The molecule has 2 N–H and O–H groups in total. The van der Waals surface area contributed by atoms with Crippen LogP contribution in [0.1, 0.15) is 36.7 Å². The van der Waals surface area contributed by atoms with Crippen LogP contribution < -0.4 is 10.6 Å². The number of hydrogen-bond donors (Lipinski definition) is 2. The van der Waals surface area contributed by atoms with Gasteiger partial charge in [0, 0.05) is 5.69 Å². The van der Waals surface area contributed by atoms with Crippen molar-refractivity contribution in [3.05, 3.63) is 64.7 Å². The molecule has 0 aromatic heterocycles. The first-order chi connectivity index (χ1) is 13.3. The van der Waals surface area contributed by atoms with E-state index in [-0.39, 0.29) is 10.6 Å². The number of carbonyl (C=O) groups excluding carboxylic acids is 3. The molecule has 0 radical (unpaired) electrons. The van der Waals surface area contributed by atoms with Crippen molar-refractivity contribution < 1.29 is 19.1 Å². The third-order valence-corrected chi connectivity index (χ3v) is 4.44. The SMILES string of the molecule is CCc1ccc(NC(=O)[C@H](C)OC(=O)[C@H](C)NC(=O)c2ccccc2Cl)cc1. The van der Waals surface area contributed by atoms with E-state index in [1.54, 1.807) is 36.4 Å². The monoisotopic (exact) mass is 402 g/mol. The Balaban J connectivity index is 1.88. The van der Waals surface area contributed by atoms with Crippen molar-refractivity contribution in [1.29, 1.82) is 0 Å². The predicted molar refractivity (Wildman–Crippen MR) is 108 cm³/mol. The zero-order chi connectivity index (χ0) is 20.7. The summed E-state index contributed by atoms with van der Waals surface area (Å²) >= 11 is 5.97. The lowest BCUT2D eigenvalue weighted by atomic mass is 10.1. The van der Waals surface area contributed by atoms with Gasteiger partial charge in [-0.15, -0.1) is 0 Å². The van der Waals surface area contributed by atoms with E-state index in [1.165, 1.54) is 13.8 Å². The Morgan fingerprint density at radius 2 is 1.68 bits per heavy atom. The van der Waals surface area contributed by atoms with Crippen LogP contribution in [0.2, 0.25) is 5.02 Å². The molecule has 2 amide bonds. The zero-order valence-corrected chi connectivity index (χ0v) is 16.7. The van der Waals surface area contributed by atoms with Gasteiger partial charge in [-0.3, -0.25) is 9.59 Å². The van der Waals surface area contributed by atoms with Crippen LogP contribution >= 0.6 is 11.6 Å². The molecule has 6 nitrogen and oxygen atoms in total. The van der Waals surface area contributed by atoms with Crippen molar-refractivity contribution in [1.82, 2.24) is 5.32 Å². The Morgan fingerprint density at radius 1 is 1.04 bits per heavy atom. The summed E-state index contributed by atoms with van der Waals surface area (Å²) in [4.78, 5) is 36.6. The van der Waals surface area contributed by atoms with Gasteiger partial charge in [-0.25, -0.2) is 4.79 Å². The summed E-state index contributed by atoms with van der Waals surface area (Å²) in [6, 6.07) is 13.0. The summed E-state index contributed by atoms with van der Waals surface area (Å²) in [5.74, 6) is -1.67. The summed E-state index contributed by atoms with van der Waals surface area (Å²) in [5, 5.41) is 5.48. The molecule has 2 aromatic rings. The Bertz CT molecular complexity index is 852. The number of rotatable bonds is 7. The van der Waals surface area contributed by atoms with Crippen LogP contribution in [0.4, 0.5) is 5.69 Å². The van der Waals surface area contributed by atoms with E-state index in [4.69, 9.17) is 16.3 Å².